The maximum atomic E-state index is 6.68. The van der Waals surface area contributed by atoms with E-state index < -0.39 is 0 Å². The van der Waals surface area contributed by atoms with E-state index >= 15 is 0 Å². The van der Waals surface area contributed by atoms with Gasteiger partial charge in [-0.15, -0.1) is 0 Å². The van der Waals surface area contributed by atoms with E-state index in [0.717, 1.165) is 79.0 Å². The highest BCUT2D eigenvalue weighted by Gasteiger charge is 2.25. The fraction of sp³-hybridized carbons (Fsp3) is 0.115. The largest absolute Gasteiger partial charge is 0.454 e. The Morgan fingerprint density at radius 2 is 1.21 bits per heavy atom. The van der Waals surface area contributed by atoms with Gasteiger partial charge in [0.05, 0.1) is 22.4 Å². The summed E-state index contributed by atoms with van der Waals surface area (Å²) in [6, 6.07) is 56.8. The number of anilines is 2. The summed E-state index contributed by atoms with van der Waals surface area (Å²) in [6.07, 6.45) is 4.08. The zero-order valence-electron chi connectivity index (χ0n) is 31.7. The Hall–Kier alpha value is -6.78. The summed E-state index contributed by atoms with van der Waals surface area (Å²) in [6.45, 7) is 6.79. The molecule has 1 aliphatic carbocycles. The van der Waals surface area contributed by atoms with Crippen molar-refractivity contribution < 1.29 is 8.83 Å². The normalized spacial score (nSPS) is 13.2. The van der Waals surface area contributed by atoms with Crippen LogP contribution in [0.3, 0.4) is 0 Å². The second-order valence-electron chi connectivity index (χ2n) is 16.0. The van der Waals surface area contributed by atoms with Crippen LogP contribution in [0.1, 0.15) is 39.2 Å². The lowest BCUT2D eigenvalue weighted by Gasteiger charge is -2.28. The minimum absolute atomic E-state index is 0.0924. The summed E-state index contributed by atoms with van der Waals surface area (Å²) in [5, 5.41) is 7.03. The van der Waals surface area contributed by atoms with Gasteiger partial charge in [0.1, 0.15) is 11.2 Å². The average Bonchev–Trinajstić information content (AvgIpc) is 3.91. The molecule has 0 atom stereocenters. The number of furan rings is 2. The van der Waals surface area contributed by atoms with Crippen LogP contribution >= 0.6 is 0 Å². The second-order valence-corrected chi connectivity index (χ2v) is 16.0. The third-order valence-corrected chi connectivity index (χ3v) is 11.6. The number of aromatic nitrogens is 1. The van der Waals surface area contributed by atoms with Crippen LogP contribution in [0.15, 0.2) is 167 Å². The minimum atomic E-state index is 0.0924. The van der Waals surface area contributed by atoms with Crippen LogP contribution in [0.4, 0.5) is 11.4 Å². The molecule has 4 heteroatoms. The predicted octanol–water partition coefficient (Wildman–Crippen LogP) is 12.9. The monoisotopic (exact) mass is 724 g/mol. The van der Waals surface area contributed by atoms with E-state index in [1.807, 2.05) is 12.1 Å². The molecular weight excluding hydrogens is 685 g/mol. The van der Waals surface area contributed by atoms with Gasteiger partial charge in [-0.3, -0.25) is 0 Å². The van der Waals surface area contributed by atoms with E-state index in [2.05, 4.69) is 182 Å². The van der Waals surface area contributed by atoms with E-state index in [9.17, 15) is 0 Å². The Labute approximate surface area is 324 Å². The second kappa shape index (κ2) is 12.4. The van der Waals surface area contributed by atoms with Gasteiger partial charge in [0.2, 0.25) is 0 Å². The van der Waals surface area contributed by atoms with Crippen LogP contribution < -0.4 is 15.5 Å². The fourth-order valence-electron chi connectivity index (χ4n) is 8.85. The van der Waals surface area contributed by atoms with Gasteiger partial charge >= 0.3 is 0 Å². The zero-order chi connectivity index (χ0) is 37.5. The Balaban J connectivity index is 1.08. The Morgan fingerprint density at radius 1 is 0.554 bits per heavy atom. The first kappa shape index (κ1) is 32.6. The van der Waals surface area contributed by atoms with E-state index in [4.69, 9.17) is 8.83 Å². The van der Waals surface area contributed by atoms with Crippen molar-refractivity contribution in [3.05, 3.63) is 174 Å². The first-order valence-corrected chi connectivity index (χ1v) is 19.6. The van der Waals surface area contributed by atoms with Crippen molar-refractivity contribution in [2.75, 3.05) is 4.90 Å². The number of fused-ring (bicyclic) bond motifs is 9. The van der Waals surface area contributed by atoms with Crippen LogP contribution in [0.5, 0.6) is 0 Å². The number of rotatable bonds is 5. The predicted molar refractivity (Wildman–Crippen MR) is 233 cm³/mol. The number of hydrogen-bond acceptors (Lipinski definition) is 3. The topological polar surface area (TPSA) is 34.5 Å². The molecule has 7 aromatic carbocycles. The maximum Gasteiger partial charge on any atom is 0.159 e. The summed E-state index contributed by atoms with van der Waals surface area (Å²) >= 11 is 0. The molecule has 4 nitrogen and oxygen atoms in total. The smallest absolute Gasteiger partial charge is 0.159 e. The lowest BCUT2D eigenvalue weighted by atomic mass is 9.87. The molecule has 10 aromatic rings. The van der Waals surface area contributed by atoms with Crippen molar-refractivity contribution in [2.45, 2.75) is 39.0 Å². The van der Waals surface area contributed by atoms with Gasteiger partial charge in [0, 0.05) is 43.5 Å². The molecular formula is C52H40N2O2. The molecule has 0 saturated heterocycles. The van der Waals surface area contributed by atoms with Crippen molar-refractivity contribution in [3.8, 4) is 16.8 Å². The zero-order valence-corrected chi connectivity index (χ0v) is 31.7. The SMILES string of the molecule is CC(C)(C)c1ccc(-n2c3ccccc3c3ccc(-c4ccc(N(C5=c6oc7ccccc7c6=CCC5)c5cccc6c5oc5ccccc56)cc4)cc32)cc1. The molecule has 11 rings (SSSR count). The molecule has 0 spiro atoms. The Morgan fingerprint density at radius 3 is 2.00 bits per heavy atom. The number of nitrogens with zero attached hydrogens (tertiary/aromatic N) is 2. The van der Waals surface area contributed by atoms with Crippen LogP contribution in [0, 0.1) is 0 Å². The quantitative estimate of drug-likeness (QED) is 0.177. The summed E-state index contributed by atoms with van der Waals surface area (Å²) in [5.41, 5.74) is 14.1. The molecule has 0 aliphatic heterocycles. The molecule has 0 fully saturated rings. The molecule has 3 aromatic heterocycles. The van der Waals surface area contributed by atoms with Crippen LogP contribution in [0.2, 0.25) is 0 Å². The lowest BCUT2D eigenvalue weighted by Crippen LogP contribution is -2.33. The summed E-state index contributed by atoms with van der Waals surface area (Å²) in [7, 11) is 0. The van der Waals surface area contributed by atoms with Crippen molar-refractivity contribution in [1.29, 1.82) is 0 Å². The van der Waals surface area contributed by atoms with Crippen molar-refractivity contribution in [2.24, 2.45) is 0 Å². The fourth-order valence-corrected chi connectivity index (χ4v) is 8.85. The average molecular weight is 725 g/mol. The minimum Gasteiger partial charge on any atom is -0.454 e. The van der Waals surface area contributed by atoms with Crippen molar-refractivity contribution in [1.82, 2.24) is 4.57 Å². The Kier molecular flexibility index (Phi) is 7.21. The van der Waals surface area contributed by atoms with Gasteiger partial charge in [0.25, 0.3) is 0 Å². The third-order valence-electron chi connectivity index (χ3n) is 11.6. The molecule has 0 saturated carbocycles. The molecule has 56 heavy (non-hydrogen) atoms. The standard InChI is InChI=1S/C52H40N2O2/c1-52(2,3)35-25-29-37(30-26-35)53-44-17-7-4-12-38(44)39-31-24-34(32-47(39)53)33-22-27-36(28-23-33)54(45-18-10-15-42-40-13-5-8-20-48(40)55-50(42)45)46-19-11-16-43-41-14-6-9-21-49(41)56-51(43)46/h4-10,12-18,20-32H,11,19H2,1-3H3. The van der Waals surface area contributed by atoms with Crippen molar-refractivity contribution >= 4 is 77.9 Å². The van der Waals surface area contributed by atoms with Crippen molar-refractivity contribution in [3.63, 3.8) is 0 Å². The summed E-state index contributed by atoms with van der Waals surface area (Å²) in [5.74, 6) is 0. The maximum absolute atomic E-state index is 6.68. The molecule has 270 valence electrons. The first-order valence-electron chi connectivity index (χ1n) is 19.6. The van der Waals surface area contributed by atoms with E-state index in [1.165, 1.54) is 38.6 Å². The highest BCUT2D eigenvalue weighted by Crippen LogP contribution is 2.42. The van der Waals surface area contributed by atoms with E-state index in [1.54, 1.807) is 0 Å². The van der Waals surface area contributed by atoms with Gasteiger partial charge in [0.15, 0.2) is 11.0 Å². The highest BCUT2D eigenvalue weighted by atomic mass is 16.3. The summed E-state index contributed by atoms with van der Waals surface area (Å²) < 4.78 is 15.8. The lowest BCUT2D eigenvalue weighted by molar-refractivity contribution is 0.566. The number of hydrogen-bond donors (Lipinski definition) is 0. The number of benzene rings is 7. The molecule has 0 N–H and O–H groups in total. The van der Waals surface area contributed by atoms with Crippen LogP contribution in [-0.2, 0) is 5.41 Å². The van der Waals surface area contributed by atoms with Gasteiger partial charge in [-0.05, 0) is 89.5 Å². The molecule has 0 radical (unpaired) electrons. The number of para-hydroxylation sites is 4. The highest BCUT2D eigenvalue weighted by molar-refractivity contribution is 6.11. The van der Waals surface area contributed by atoms with Crippen LogP contribution in [0.25, 0.3) is 83.3 Å². The van der Waals surface area contributed by atoms with E-state index in [-0.39, 0.29) is 5.41 Å². The molecule has 0 bridgehead atoms. The van der Waals surface area contributed by atoms with Crippen LogP contribution in [-0.4, -0.2) is 4.57 Å². The van der Waals surface area contributed by atoms with Gasteiger partial charge in [-0.25, -0.2) is 0 Å². The third kappa shape index (κ3) is 5.06. The van der Waals surface area contributed by atoms with Gasteiger partial charge in [-0.2, -0.15) is 0 Å². The van der Waals surface area contributed by atoms with E-state index in [0.29, 0.717) is 0 Å². The van der Waals surface area contributed by atoms with Gasteiger partial charge in [-0.1, -0.05) is 130 Å². The molecule has 3 heterocycles. The molecule has 1 aliphatic rings. The summed E-state index contributed by atoms with van der Waals surface area (Å²) in [4.78, 5) is 2.37. The van der Waals surface area contributed by atoms with Gasteiger partial charge < -0.3 is 18.3 Å². The first-order chi connectivity index (χ1) is 27.4. The molecule has 0 amide bonds. The Bertz CT molecular complexity index is 3280. The molecule has 0 unspecified atom stereocenters.